The highest BCUT2D eigenvalue weighted by Crippen LogP contribution is 2.46. The lowest BCUT2D eigenvalue weighted by Gasteiger charge is -2.24. The number of carbonyl (C=O) groups is 3. The second kappa shape index (κ2) is 11.5. The number of anilines is 1. The summed E-state index contributed by atoms with van der Waals surface area (Å²) in [7, 11) is 1.48. The van der Waals surface area contributed by atoms with Crippen LogP contribution in [0.3, 0.4) is 0 Å². The number of aliphatic hydroxyl groups excluding tert-OH is 1. The van der Waals surface area contributed by atoms with Crippen molar-refractivity contribution in [3.63, 3.8) is 0 Å². The fourth-order valence-corrected chi connectivity index (χ4v) is 5.68. The van der Waals surface area contributed by atoms with Crippen LogP contribution >= 0.6 is 11.3 Å². The average Bonchev–Trinajstić information content (AvgIpc) is 3.49. The number of esters is 1. The van der Waals surface area contributed by atoms with E-state index >= 15 is 0 Å². The largest absolute Gasteiger partial charge is 0.507 e. The molecule has 1 atom stereocenters. The summed E-state index contributed by atoms with van der Waals surface area (Å²) in [5.41, 5.74) is 0.899. The number of methoxy groups -OCH3 is 1. The Morgan fingerprint density at radius 3 is 2.54 bits per heavy atom. The maximum Gasteiger partial charge on any atom is 0.350 e. The molecular weight excluding hydrogens is 552 g/mol. The summed E-state index contributed by atoms with van der Waals surface area (Å²) in [5.74, 6) is -1.06. The highest BCUT2D eigenvalue weighted by atomic mass is 32.1. The number of aromatic nitrogens is 1. The summed E-state index contributed by atoms with van der Waals surface area (Å²) in [6, 6.07) is 8.65. The minimum Gasteiger partial charge on any atom is -0.507 e. The second-order valence-electron chi connectivity index (χ2n) is 9.00. The SMILES string of the molecule is CCOC(=O)c1sc(N2C(=O)C(=O)/C(=C(/O)c3ccc4c(c3)OCCO4)C2c2ccc(OCC)c(OC)c2)nc1C. The highest BCUT2D eigenvalue weighted by Gasteiger charge is 2.48. The van der Waals surface area contributed by atoms with Crippen molar-refractivity contribution in [2.45, 2.75) is 26.8 Å². The monoisotopic (exact) mass is 580 g/mol. The van der Waals surface area contributed by atoms with Crippen LogP contribution in [0, 0.1) is 6.92 Å². The number of rotatable bonds is 8. The van der Waals surface area contributed by atoms with Gasteiger partial charge in [0.15, 0.2) is 28.1 Å². The van der Waals surface area contributed by atoms with Crippen LogP contribution < -0.4 is 23.8 Å². The first-order chi connectivity index (χ1) is 19.8. The molecule has 1 aromatic heterocycles. The molecule has 1 amide bonds. The van der Waals surface area contributed by atoms with Crippen LogP contribution in [0.25, 0.3) is 5.76 Å². The lowest BCUT2D eigenvalue weighted by molar-refractivity contribution is -0.132. The second-order valence-corrected chi connectivity index (χ2v) is 9.98. The van der Waals surface area contributed by atoms with Crippen LogP contribution in [0.5, 0.6) is 23.0 Å². The fraction of sp³-hybridized carbons (Fsp3) is 0.310. The molecule has 12 heteroatoms. The van der Waals surface area contributed by atoms with Crippen molar-refractivity contribution in [2.75, 3.05) is 38.4 Å². The van der Waals surface area contributed by atoms with Gasteiger partial charge in [0, 0.05) is 5.56 Å². The number of nitrogens with zero attached hydrogens (tertiary/aromatic N) is 2. The molecule has 1 N–H and O–H groups in total. The third-order valence-corrected chi connectivity index (χ3v) is 7.65. The van der Waals surface area contributed by atoms with E-state index in [1.807, 2.05) is 6.92 Å². The zero-order chi connectivity index (χ0) is 29.3. The van der Waals surface area contributed by atoms with E-state index in [2.05, 4.69) is 4.98 Å². The lowest BCUT2D eigenvalue weighted by atomic mass is 9.95. The van der Waals surface area contributed by atoms with E-state index in [9.17, 15) is 19.5 Å². The van der Waals surface area contributed by atoms with Gasteiger partial charge in [-0.1, -0.05) is 17.4 Å². The molecule has 0 radical (unpaired) electrons. The predicted octanol–water partition coefficient (Wildman–Crippen LogP) is 4.43. The maximum atomic E-state index is 13.6. The molecule has 214 valence electrons. The van der Waals surface area contributed by atoms with Crippen molar-refractivity contribution in [3.05, 3.63) is 63.7 Å². The third-order valence-electron chi connectivity index (χ3n) is 6.52. The summed E-state index contributed by atoms with van der Waals surface area (Å²) < 4.78 is 27.5. The van der Waals surface area contributed by atoms with Crippen molar-refractivity contribution < 1.29 is 43.2 Å². The summed E-state index contributed by atoms with van der Waals surface area (Å²) in [6.07, 6.45) is 0. The molecule has 1 saturated heterocycles. The number of hydrogen-bond donors (Lipinski definition) is 1. The van der Waals surface area contributed by atoms with Gasteiger partial charge in [-0.2, -0.15) is 0 Å². The van der Waals surface area contributed by atoms with Crippen LogP contribution in [0.4, 0.5) is 5.13 Å². The summed E-state index contributed by atoms with van der Waals surface area (Å²) >= 11 is 0.929. The molecule has 2 aliphatic rings. The molecule has 0 spiro atoms. The van der Waals surface area contributed by atoms with Gasteiger partial charge in [-0.3, -0.25) is 14.5 Å². The number of hydrogen-bond acceptors (Lipinski definition) is 11. The first kappa shape index (κ1) is 28.0. The van der Waals surface area contributed by atoms with Crippen molar-refractivity contribution in [1.82, 2.24) is 4.98 Å². The van der Waals surface area contributed by atoms with E-state index in [0.29, 0.717) is 54.1 Å². The number of thiazole rings is 1. The van der Waals surface area contributed by atoms with Crippen LogP contribution in [-0.4, -0.2) is 61.3 Å². The van der Waals surface area contributed by atoms with E-state index in [0.717, 1.165) is 11.3 Å². The molecular formula is C29H28N2O9S. The Balaban J connectivity index is 1.69. The summed E-state index contributed by atoms with van der Waals surface area (Å²) in [4.78, 5) is 45.5. The summed E-state index contributed by atoms with van der Waals surface area (Å²) in [6.45, 7) is 6.42. The molecule has 41 heavy (non-hydrogen) atoms. The van der Waals surface area contributed by atoms with Crippen LogP contribution in [0.2, 0.25) is 0 Å². The van der Waals surface area contributed by atoms with Crippen molar-refractivity contribution in [3.8, 4) is 23.0 Å². The van der Waals surface area contributed by atoms with Gasteiger partial charge in [-0.15, -0.1) is 0 Å². The zero-order valence-electron chi connectivity index (χ0n) is 22.9. The molecule has 1 fully saturated rings. The number of Topliss-reactive ketones (excluding diaryl/α,β-unsaturated/α-hetero) is 1. The number of ketones is 1. The van der Waals surface area contributed by atoms with Crippen molar-refractivity contribution in [2.24, 2.45) is 0 Å². The lowest BCUT2D eigenvalue weighted by Crippen LogP contribution is -2.29. The van der Waals surface area contributed by atoms with Gasteiger partial charge in [-0.25, -0.2) is 9.78 Å². The fourth-order valence-electron chi connectivity index (χ4n) is 4.69. The molecule has 0 aliphatic carbocycles. The third kappa shape index (κ3) is 5.06. The highest BCUT2D eigenvalue weighted by molar-refractivity contribution is 7.17. The zero-order valence-corrected chi connectivity index (χ0v) is 23.7. The molecule has 2 aromatic carbocycles. The molecule has 3 aromatic rings. The quantitative estimate of drug-likeness (QED) is 0.176. The van der Waals surface area contributed by atoms with Crippen molar-refractivity contribution in [1.29, 1.82) is 0 Å². The van der Waals surface area contributed by atoms with E-state index in [4.69, 9.17) is 23.7 Å². The molecule has 0 saturated carbocycles. The number of aliphatic hydroxyl groups is 1. The van der Waals surface area contributed by atoms with E-state index in [1.165, 1.54) is 12.0 Å². The summed E-state index contributed by atoms with van der Waals surface area (Å²) in [5, 5.41) is 11.6. The average molecular weight is 581 g/mol. The van der Waals surface area contributed by atoms with Crippen molar-refractivity contribution >= 4 is 39.9 Å². The first-order valence-corrected chi connectivity index (χ1v) is 13.8. The Morgan fingerprint density at radius 2 is 1.83 bits per heavy atom. The molecule has 2 aliphatic heterocycles. The van der Waals surface area contributed by atoms with Gasteiger partial charge in [0.05, 0.1) is 37.6 Å². The number of amides is 1. The Labute approximate surface area is 239 Å². The van der Waals surface area contributed by atoms with Gasteiger partial charge in [0.25, 0.3) is 5.78 Å². The standard InChI is InChI=1S/C29H28N2O9S/c1-5-37-18-9-7-16(13-20(18)36-4)23-22(24(32)17-8-10-19-21(14-17)40-12-11-39-19)25(33)27(34)31(23)29-30-15(3)26(41-29)28(35)38-6-2/h7-10,13-14,23,32H,5-6,11-12H2,1-4H3/b24-22+. The Hall–Kier alpha value is -4.58. The predicted molar refractivity (Wildman–Crippen MR) is 149 cm³/mol. The molecule has 1 unspecified atom stereocenters. The normalized spacial score (nSPS) is 17.5. The van der Waals surface area contributed by atoms with Gasteiger partial charge < -0.3 is 28.8 Å². The number of carbonyl (C=O) groups excluding carboxylic acids is 3. The number of benzene rings is 2. The Bertz CT molecular complexity index is 1560. The maximum absolute atomic E-state index is 13.6. The van der Waals surface area contributed by atoms with E-state index in [1.54, 1.807) is 50.2 Å². The van der Waals surface area contributed by atoms with Crippen LogP contribution in [0.15, 0.2) is 42.0 Å². The van der Waals surface area contributed by atoms with E-state index in [-0.39, 0.29) is 27.8 Å². The first-order valence-electron chi connectivity index (χ1n) is 12.9. The Kier molecular flexibility index (Phi) is 7.84. The smallest absolute Gasteiger partial charge is 0.350 e. The Morgan fingerprint density at radius 1 is 1.07 bits per heavy atom. The van der Waals surface area contributed by atoms with Gasteiger partial charge in [0.1, 0.15) is 23.9 Å². The topological polar surface area (TPSA) is 134 Å². The minimum absolute atomic E-state index is 0.103. The van der Waals surface area contributed by atoms with Crippen LogP contribution in [-0.2, 0) is 14.3 Å². The molecule has 11 nitrogen and oxygen atoms in total. The van der Waals surface area contributed by atoms with Gasteiger partial charge in [-0.05, 0) is 56.7 Å². The van der Waals surface area contributed by atoms with E-state index < -0.39 is 29.5 Å². The molecule has 3 heterocycles. The van der Waals surface area contributed by atoms with Gasteiger partial charge >= 0.3 is 11.9 Å². The van der Waals surface area contributed by atoms with Gasteiger partial charge in [0.2, 0.25) is 0 Å². The van der Waals surface area contributed by atoms with Crippen LogP contribution in [0.1, 0.15) is 46.4 Å². The molecule has 5 rings (SSSR count). The minimum atomic E-state index is -1.10. The number of ether oxygens (including phenoxy) is 5. The number of aryl methyl sites for hydroxylation is 1. The number of fused-ring (bicyclic) bond motifs is 1. The molecule has 0 bridgehead atoms.